The summed E-state index contributed by atoms with van der Waals surface area (Å²) in [5, 5.41) is 7.36. The first kappa shape index (κ1) is 29.8. The van der Waals surface area contributed by atoms with Crippen LogP contribution >= 0.6 is 23.2 Å². The van der Waals surface area contributed by atoms with Gasteiger partial charge in [0.2, 0.25) is 5.91 Å². The Kier molecular flexibility index (Phi) is 9.60. The second kappa shape index (κ2) is 12.6. The van der Waals surface area contributed by atoms with Crippen LogP contribution in [0.25, 0.3) is 10.9 Å². The van der Waals surface area contributed by atoms with E-state index >= 15 is 0 Å². The van der Waals surface area contributed by atoms with Crippen molar-refractivity contribution in [2.24, 2.45) is 0 Å². The van der Waals surface area contributed by atoms with Gasteiger partial charge in [-0.3, -0.25) is 4.79 Å². The molecule has 0 radical (unpaired) electrons. The number of hydrogen-bond donors (Lipinski definition) is 2. The average Bonchev–Trinajstić information content (AvgIpc) is 3.37. The Hall–Kier alpha value is -2.16. The van der Waals surface area contributed by atoms with Gasteiger partial charge in [0.05, 0.1) is 16.2 Å². The van der Waals surface area contributed by atoms with Crippen LogP contribution in [0.4, 0.5) is 11.5 Å². The van der Waals surface area contributed by atoms with Gasteiger partial charge in [-0.05, 0) is 60.8 Å². The van der Waals surface area contributed by atoms with Crippen LogP contribution in [0.5, 0.6) is 0 Å². The number of nitrogens with zero attached hydrogens (tertiary/aromatic N) is 2. The fraction of sp³-hybridized carbons (Fsp3) is 0.467. The van der Waals surface area contributed by atoms with Crippen LogP contribution in [0, 0.1) is 0 Å². The summed E-state index contributed by atoms with van der Waals surface area (Å²) < 4.78 is 6.31. The van der Waals surface area contributed by atoms with Crippen LogP contribution in [0.1, 0.15) is 32.8 Å². The number of hydrogen-bond acceptors (Lipinski definition) is 5. The molecule has 1 aliphatic heterocycles. The van der Waals surface area contributed by atoms with Crippen molar-refractivity contribution in [3.63, 3.8) is 0 Å². The van der Waals surface area contributed by atoms with Crippen molar-refractivity contribution in [2.75, 3.05) is 36.5 Å². The zero-order valence-electron chi connectivity index (χ0n) is 23.6. The summed E-state index contributed by atoms with van der Waals surface area (Å²) in [4.78, 5) is 20.1. The molecule has 2 atom stereocenters. The van der Waals surface area contributed by atoms with Gasteiger partial charge in [0.15, 0.2) is 8.32 Å². The maximum absolute atomic E-state index is 12.9. The predicted molar refractivity (Wildman–Crippen MR) is 167 cm³/mol. The SMILES string of the molecule is CC(C)(C)[Si](C)(C)OCCN[C@H]1CCN(c2ccc3c(NC(=O)C(Cl)Cc4ccccc4)c(Cl)ccc3n2)C1. The molecular formula is C30H40Cl2N4O2Si. The first-order chi connectivity index (χ1) is 18.4. The molecule has 0 spiro atoms. The zero-order chi connectivity index (χ0) is 28.2. The van der Waals surface area contributed by atoms with Crippen molar-refractivity contribution < 1.29 is 9.22 Å². The molecule has 39 heavy (non-hydrogen) atoms. The number of amides is 1. The quantitative estimate of drug-likeness (QED) is 0.154. The third-order valence-corrected chi connectivity index (χ3v) is 13.1. The zero-order valence-corrected chi connectivity index (χ0v) is 26.1. The van der Waals surface area contributed by atoms with Gasteiger partial charge in [0, 0.05) is 37.7 Å². The van der Waals surface area contributed by atoms with Gasteiger partial charge < -0.3 is 20.0 Å². The van der Waals surface area contributed by atoms with Crippen LogP contribution in [0.3, 0.4) is 0 Å². The van der Waals surface area contributed by atoms with Gasteiger partial charge in [0.1, 0.15) is 11.2 Å². The molecule has 3 aromatic rings. The standard InChI is InChI=1S/C30H40Cl2N4O2Si/c1-30(2,3)39(4,5)38-18-16-33-22-15-17-36(20-22)27-14-11-23-26(34-27)13-12-24(31)28(23)35-29(37)25(32)19-21-9-7-6-8-10-21/h6-14,22,25,33H,15-20H2,1-5H3,(H,35,37)/t22-,25?/m0/s1. The Morgan fingerprint density at radius 2 is 1.90 bits per heavy atom. The van der Waals surface area contributed by atoms with Gasteiger partial charge in [-0.25, -0.2) is 4.98 Å². The first-order valence-electron chi connectivity index (χ1n) is 13.6. The topological polar surface area (TPSA) is 66.5 Å². The number of anilines is 2. The minimum Gasteiger partial charge on any atom is -0.416 e. The highest BCUT2D eigenvalue weighted by Crippen LogP contribution is 2.36. The Morgan fingerprint density at radius 1 is 1.15 bits per heavy atom. The maximum atomic E-state index is 12.9. The van der Waals surface area contributed by atoms with E-state index < -0.39 is 13.7 Å². The molecule has 4 rings (SSSR count). The average molecular weight is 588 g/mol. The predicted octanol–water partition coefficient (Wildman–Crippen LogP) is 6.87. The molecule has 210 valence electrons. The summed E-state index contributed by atoms with van der Waals surface area (Å²) in [6.07, 6.45) is 1.49. The fourth-order valence-electron chi connectivity index (χ4n) is 4.51. The van der Waals surface area contributed by atoms with E-state index in [1.807, 2.05) is 48.5 Å². The van der Waals surface area contributed by atoms with E-state index in [9.17, 15) is 4.79 Å². The second-order valence-corrected chi connectivity index (χ2v) is 17.5. The van der Waals surface area contributed by atoms with E-state index in [-0.39, 0.29) is 10.9 Å². The Morgan fingerprint density at radius 3 is 2.62 bits per heavy atom. The summed E-state index contributed by atoms with van der Waals surface area (Å²) in [6, 6.07) is 17.8. The monoisotopic (exact) mass is 586 g/mol. The molecule has 1 aromatic heterocycles. The molecular weight excluding hydrogens is 547 g/mol. The summed E-state index contributed by atoms with van der Waals surface area (Å²) in [7, 11) is -1.72. The molecule has 1 fully saturated rings. The molecule has 0 aliphatic carbocycles. The summed E-state index contributed by atoms with van der Waals surface area (Å²) >= 11 is 12.9. The van der Waals surface area contributed by atoms with E-state index in [1.54, 1.807) is 6.07 Å². The smallest absolute Gasteiger partial charge is 0.242 e. The number of pyridine rings is 1. The minimum absolute atomic E-state index is 0.222. The Bertz CT molecular complexity index is 1280. The molecule has 9 heteroatoms. The lowest BCUT2D eigenvalue weighted by Gasteiger charge is -2.36. The molecule has 2 aromatic carbocycles. The lowest BCUT2D eigenvalue weighted by atomic mass is 10.1. The van der Waals surface area contributed by atoms with Crippen molar-refractivity contribution in [3.8, 4) is 0 Å². The molecule has 1 aliphatic rings. The van der Waals surface area contributed by atoms with Crippen molar-refractivity contribution in [1.29, 1.82) is 0 Å². The van der Waals surface area contributed by atoms with Crippen molar-refractivity contribution in [2.45, 2.75) is 63.2 Å². The Balaban J connectivity index is 1.36. The van der Waals surface area contributed by atoms with Crippen molar-refractivity contribution in [1.82, 2.24) is 10.3 Å². The molecule has 6 nitrogen and oxygen atoms in total. The van der Waals surface area contributed by atoms with Gasteiger partial charge in [0.25, 0.3) is 0 Å². The number of fused-ring (bicyclic) bond motifs is 1. The molecule has 0 saturated carbocycles. The molecule has 2 N–H and O–H groups in total. The van der Waals surface area contributed by atoms with Crippen LogP contribution in [0.15, 0.2) is 54.6 Å². The van der Waals surface area contributed by atoms with Crippen LogP contribution in [-0.4, -0.2) is 56.9 Å². The van der Waals surface area contributed by atoms with E-state index in [2.05, 4.69) is 49.4 Å². The molecule has 1 saturated heterocycles. The lowest BCUT2D eigenvalue weighted by molar-refractivity contribution is -0.115. The highest BCUT2D eigenvalue weighted by molar-refractivity contribution is 6.74. The van der Waals surface area contributed by atoms with Gasteiger partial charge in [-0.15, -0.1) is 11.6 Å². The Labute approximate surface area is 243 Å². The molecule has 1 amide bonds. The number of nitrogens with one attached hydrogen (secondary N) is 2. The summed E-state index contributed by atoms with van der Waals surface area (Å²) in [6.45, 7) is 14.8. The van der Waals surface area contributed by atoms with Crippen molar-refractivity contribution in [3.05, 3.63) is 65.2 Å². The highest BCUT2D eigenvalue weighted by atomic mass is 35.5. The number of benzene rings is 2. The van der Waals surface area contributed by atoms with E-state index in [4.69, 9.17) is 32.6 Å². The molecule has 0 bridgehead atoms. The third kappa shape index (κ3) is 7.53. The van der Waals surface area contributed by atoms with E-state index in [0.29, 0.717) is 23.2 Å². The third-order valence-electron chi connectivity index (χ3n) is 7.91. The number of carbonyl (C=O) groups is 1. The fourth-order valence-corrected chi connectivity index (χ4v) is 6.00. The maximum Gasteiger partial charge on any atom is 0.242 e. The number of halogens is 2. The summed E-state index contributed by atoms with van der Waals surface area (Å²) in [5.41, 5.74) is 2.32. The number of alkyl halides is 1. The molecule has 2 heterocycles. The first-order valence-corrected chi connectivity index (χ1v) is 17.4. The van der Waals surface area contributed by atoms with Crippen LogP contribution < -0.4 is 15.5 Å². The van der Waals surface area contributed by atoms with Gasteiger partial charge >= 0.3 is 0 Å². The van der Waals surface area contributed by atoms with Crippen LogP contribution in [0.2, 0.25) is 23.2 Å². The van der Waals surface area contributed by atoms with Gasteiger partial charge in [-0.2, -0.15) is 0 Å². The minimum atomic E-state index is -1.72. The highest BCUT2D eigenvalue weighted by Gasteiger charge is 2.37. The lowest BCUT2D eigenvalue weighted by Crippen LogP contribution is -2.43. The number of carbonyl (C=O) groups excluding carboxylic acids is 1. The van der Waals surface area contributed by atoms with E-state index in [1.165, 1.54) is 0 Å². The second-order valence-electron chi connectivity index (χ2n) is 11.8. The van der Waals surface area contributed by atoms with Crippen molar-refractivity contribution >= 4 is 59.8 Å². The number of rotatable bonds is 10. The van der Waals surface area contributed by atoms with Gasteiger partial charge in [-0.1, -0.05) is 62.7 Å². The van der Waals surface area contributed by atoms with Crippen LogP contribution in [-0.2, 0) is 15.6 Å². The normalized spacial score (nSPS) is 17.0. The summed E-state index contributed by atoms with van der Waals surface area (Å²) in [5.74, 6) is 0.633. The largest absolute Gasteiger partial charge is 0.416 e. The molecule has 1 unspecified atom stereocenters. The van der Waals surface area contributed by atoms with E-state index in [0.717, 1.165) is 54.9 Å². The number of aromatic nitrogens is 1.